The van der Waals surface area contributed by atoms with E-state index < -0.39 is 0 Å². The highest BCUT2D eigenvalue weighted by molar-refractivity contribution is 5.63. The quantitative estimate of drug-likeness (QED) is 0.457. The molecule has 0 aliphatic heterocycles. The van der Waals surface area contributed by atoms with Gasteiger partial charge in [-0.15, -0.1) is 0 Å². The summed E-state index contributed by atoms with van der Waals surface area (Å²) in [6, 6.07) is 0.526. The van der Waals surface area contributed by atoms with E-state index in [4.69, 9.17) is 0 Å². The lowest BCUT2D eigenvalue weighted by Gasteiger charge is -1.81. The highest BCUT2D eigenvalue weighted by Gasteiger charge is 1.85. The van der Waals surface area contributed by atoms with E-state index in [1.165, 1.54) is 0 Å². The van der Waals surface area contributed by atoms with Crippen LogP contribution < -0.4 is 4.99 Å². The van der Waals surface area contributed by atoms with Crippen molar-refractivity contribution < 1.29 is 4.99 Å². The molecule has 0 aliphatic rings. The highest BCUT2D eigenvalue weighted by Crippen LogP contribution is 1.56. The largest absolute Gasteiger partial charge is 0.246 e. The molecule has 0 amide bonds. The third-order valence-corrected chi connectivity index (χ3v) is 0.547. The predicted molar refractivity (Wildman–Crippen MR) is 32.4 cm³/mol. The zero-order valence-electron chi connectivity index (χ0n) is 4.94. The van der Waals surface area contributed by atoms with Crippen molar-refractivity contribution in [1.82, 2.24) is 0 Å². The van der Waals surface area contributed by atoms with Gasteiger partial charge in [-0.05, 0) is 19.9 Å². The maximum absolute atomic E-state index is 3.51. The monoisotopic (exact) mass is 98.1 g/mol. The Labute approximate surface area is 44.8 Å². The molecule has 0 saturated carbocycles. The van der Waals surface area contributed by atoms with Gasteiger partial charge < -0.3 is 0 Å². The zero-order chi connectivity index (χ0) is 5.70. The van der Waals surface area contributed by atoms with Crippen LogP contribution in [-0.4, -0.2) is 12.3 Å². The van der Waals surface area contributed by atoms with Crippen molar-refractivity contribution in [3.05, 3.63) is 12.7 Å². The molecule has 0 aromatic carbocycles. The average molecular weight is 98.2 g/mol. The molecule has 0 bridgehead atoms. The van der Waals surface area contributed by atoms with Crippen LogP contribution in [0.3, 0.4) is 0 Å². The summed E-state index contributed by atoms with van der Waals surface area (Å²) in [5, 5.41) is 0. The second-order valence-corrected chi connectivity index (χ2v) is 1.72. The summed E-state index contributed by atoms with van der Waals surface area (Å²) in [6.45, 7) is 7.68. The van der Waals surface area contributed by atoms with Crippen LogP contribution in [0.25, 0.3) is 0 Å². The molecule has 1 heteroatoms. The van der Waals surface area contributed by atoms with Gasteiger partial charge in [0.05, 0.1) is 0 Å². The van der Waals surface area contributed by atoms with Gasteiger partial charge in [-0.2, -0.15) is 0 Å². The van der Waals surface area contributed by atoms with Gasteiger partial charge >= 0.3 is 0 Å². The lowest BCUT2D eigenvalue weighted by Crippen LogP contribution is -2.73. The van der Waals surface area contributed by atoms with Crippen molar-refractivity contribution in [1.29, 1.82) is 0 Å². The molecule has 1 nitrogen and oxygen atoms in total. The van der Waals surface area contributed by atoms with Crippen molar-refractivity contribution in [3.8, 4) is 0 Å². The molecular formula is C6H12N+. The number of hydrogen-bond donors (Lipinski definition) is 1. The number of rotatable bonds is 2. The van der Waals surface area contributed by atoms with E-state index in [2.05, 4.69) is 25.4 Å². The average Bonchev–Trinajstić information content (AvgIpc) is 1.61. The van der Waals surface area contributed by atoms with Gasteiger partial charge in [-0.1, -0.05) is 6.58 Å². The fraction of sp³-hybridized carbons (Fsp3) is 0.500. The summed E-state index contributed by atoms with van der Waals surface area (Å²) < 4.78 is 0. The summed E-state index contributed by atoms with van der Waals surface area (Å²) in [4.78, 5) is 3.05. The molecule has 0 unspecified atom stereocenters. The van der Waals surface area contributed by atoms with Gasteiger partial charge in [0.2, 0.25) is 0 Å². The van der Waals surface area contributed by atoms with Gasteiger partial charge in [0.15, 0.2) is 6.21 Å². The Morgan fingerprint density at radius 1 is 1.57 bits per heavy atom. The molecule has 0 atom stereocenters. The normalized spacial score (nSPS) is 10.7. The predicted octanol–water partition coefficient (Wildman–Crippen LogP) is -0.268. The lowest BCUT2D eigenvalue weighted by molar-refractivity contribution is -0.487. The fourth-order valence-electron chi connectivity index (χ4n) is 0.260. The Morgan fingerprint density at radius 2 is 2.14 bits per heavy atom. The Hall–Kier alpha value is -0.590. The Bertz CT molecular complexity index is 72.2. The van der Waals surface area contributed by atoms with Crippen molar-refractivity contribution in [3.63, 3.8) is 0 Å². The third-order valence-electron chi connectivity index (χ3n) is 0.547. The first-order valence-electron chi connectivity index (χ1n) is 2.47. The van der Waals surface area contributed by atoms with E-state index >= 15 is 0 Å². The first kappa shape index (κ1) is 6.41. The minimum atomic E-state index is 0.526. The highest BCUT2D eigenvalue weighted by atomic mass is 14.7. The lowest BCUT2D eigenvalue weighted by atomic mass is 10.4. The van der Waals surface area contributed by atoms with Gasteiger partial charge in [-0.25, -0.2) is 4.99 Å². The fourth-order valence-corrected chi connectivity index (χ4v) is 0.260. The van der Waals surface area contributed by atoms with Crippen LogP contribution in [0.5, 0.6) is 0 Å². The van der Waals surface area contributed by atoms with Crippen LogP contribution in [0, 0.1) is 0 Å². The molecule has 0 heterocycles. The summed E-state index contributed by atoms with van der Waals surface area (Å²) >= 11 is 0. The summed E-state index contributed by atoms with van der Waals surface area (Å²) in [6.07, 6.45) is 3.57. The summed E-state index contributed by atoms with van der Waals surface area (Å²) in [5.41, 5.74) is 0. The molecular weight excluding hydrogens is 86.1 g/mol. The SMILES string of the molecule is C=CC=[NH+]C(C)C. The van der Waals surface area contributed by atoms with E-state index in [0.717, 1.165) is 0 Å². The van der Waals surface area contributed by atoms with Crippen molar-refractivity contribution in [2.75, 3.05) is 0 Å². The molecule has 0 rings (SSSR count). The molecule has 40 valence electrons. The first-order chi connectivity index (χ1) is 3.27. The Balaban J connectivity index is 3.25. The van der Waals surface area contributed by atoms with E-state index in [1.807, 2.05) is 6.21 Å². The van der Waals surface area contributed by atoms with Gasteiger partial charge in [0, 0.05) is 0 Å². The van der Waals surface area contributed by atoms with Gasteiger partial charge in [0.25, 0.3) is 0 Å². The van der Waals surface area contributed by atoms with Crippen molar-refractivity contribution in [2.45, 2.75) is 19.9 Å². The van der Waals surface area contributed by atoms with E-state index in [-0.39, 0.29) is 0 Å². The topological polar surface area (TPSA) is 14.0 Å². The molecule has 0 fully saturated rings. The molecule has 0 aromatic heterocycles. The van der Waals surface area contributed by atoms with Crippen LogP contribution in [-0.2, 0) is 0 Å². The van der Waals surface area contributed by atoms with E-state index in [9.17, 15) is 0 Å². The second-order valence-electron chi connectivity index (χ2n) is 1.72. The standard InChI is InChI=1S/C6H11N/c1-4-5-7-6(2)3/h4-6H,1H2,2-3H3/p+1. The molecule has 0 spiro atoms. The summed E-state index contributed by atoms with van der Waals surface area (Å²) in [7, 11) is 0. The minimum absolute atomic E-state index is 0.526. The third kappa shape index (κ3) is 5.41. The first-order valence-corrected chi connectivity index (χ1v) is 2.47. The molecule has 1 N–H and O–H groups in total. The number of nitrogens with one attached hydrogen (secondary N) is 1. The van der Waals surface area contributed by atoms with Crippen molar-refractivity contribution >= 4 is 6.21 Å². The van der Waals surface area contributed by atoms with Crippen molar-refractivity contribution in [2.24, 2.45) is 0 Å². The molecule has 0 aliphatic carbocycles. The Morgan fingerprint density at radius 3 is 2.29 bits per heavy atom. The van der Waals surface area contributed by atoms with Crippen LogP contribution >= 0.6 is 0 Å². The second kappa shape index (κ2) is 3.59. The maximum atomic E-state index is 3.51. The molecule has 0 saturated heterocycles. The maximum Gasteiger partial charge on any atom is 0.161 e. The van der Waals surface area contributed by atoms with Gasteiger partial charge in [0.1, 0.15) is 6.04 Å². The zero-order valence-corrected chi connectivity index (χ0v) is 4.94. The van der Waals surface area contributed by atoms with E-state index in [0.29, 0.717) is 6.04 Å². The van der Waals surface area contributed by atoms with Crippen LogP contribution in [0.1, 0.15) is 13.8 Å². The minimum Gasteiger partial charge on any atom is -0.246 e. The van der Waals surface area contributed by atoms with Crippen LogP contribution in [0.4, 0.5) is 0 Å². The van der Waals surface area contributed by atoms with E-state index in [1.54, 1.807) is 6.08 Å². The molecule has 0 aromatic rings. The summed E-state index contributed by atoms with van der Waals surface area (Å²) in [5.74, 6) is 0. The van der Waals surface area contributed by atoms with Gasteiger partial charge in [-0.3, -0.25) is 0 Å². The van der Waals surface area contributed by atoms with Crippen LogP contribution in [0.2, 0.25) is 0 Å². The smallest absolute Gasteiger partial charge is 0.161 e. The number of allylic oxidation sites excluding steroid dienone is 1. The molecule has 7 heavy (non-hydrogen) atoms. The molecule has 0 radical (unpaired) electrons. The van der Waals surface area contributed by atoms with Crippen LogP contribution in [0.15, 0.2) is 12.7 Å². The number of hydrogen-bond acceptors (Lipinski definition) is 0. The Kier molecular flexibility index (Phi) is 3.29.